The maximum atomic E-state index is 15.2. The molecule has 3 aliphatic heterocycles. The lowest BCUT2D eigenvalue weighted by Crippen LogP contribution is -2.50. The summed E-state index contributed by atoms with van der Waals surface area (Å²) in [6.45, 7) is 2.90. The molecule has 7 rings (SSSR count). The Morgan fingerprint density at radius 1 is 0.786 bits per heavy atom. The molecule has 2 saturated heterocycles. The Kier molecular flexibility index (Phi) is 7.33. The summed E-state index contributed by atoms with van der Waals surface area (Å²) in [6, 6.07) is 34.7. The molecule has 4 unspecified atom stereocenters. The molecule has 0 bridgehead atoms. The molecule has 210 valence electrons. The zero-order valence-corrected chi connectivity index (χ0v) is 27.7. The predicted molar refractivity (Wildman–Crippen MR) is 180 cm³/mol. The molecule has 4 nitrogen and oxygen atoms in total. The molecule has 0 saturated carbocycles. The van der Waals surface area contributed by atoms with Gasteiger partial charge in [0.1, 0.15) is 5.41 Å². The van der Waals surface area contributed by atoms with Crippen LogP contribution in [0.1, 0.15) is 42.0 Å². The average Bonchev–Trinajstić information content (AvgIpc) is 3.62. The fourth-order valence-electron chi connectivity index (χ4n) is 7.39. The lowest BCUT2D eigenvalue weighted by atomic mass is 9.63. The van der Waals surface area contributed by atoms with Gasteiger partial charge in [0.25, 0.3) is 5.91 Å². The molecule has 42 heavy (non-hydrogen) atoms. The lowest BCUT2D eigenvalue weighted by molar-refractivity contribution is -0.124. The molecule has 4 atom stereocenters. The number of para-hydroxylation sites is 1. The van der Waals surface area contributed by atoms with Gasteiger partial charge in [0.2, 0.25) is 0 Å². The zero-order chi connectivity index (χ0) is 29.0. The maximum Gasteiger partial charge on any atom is 0.262 e. The third-order valence-electron chi connectivity index (χ3n) is 9.04. The summed E-state index contributed by atoms with van der Waals surface area (Å²) < 4.78 is 3.09. The summed E-state index contributed by atoms with van der Waals surface area (Å²) in [6.07, 6.45) is 3.17. The Hall–Kier alpha value is -2.84. The Morgan fingerprint density at radius 2 is 1.38 bits per heavy atom. The molecule has 2 fully saturated rings. The van der Waals surface area contributed by atoms with E-state index in [1.165, 1.54) is 11.1 Å². The van der Waals surface area contributed by atoms with E-state index in [1.54, 1.807) is 5.01 Å². The van der Waals surface area contributed by atoms with Gasteiger partial charge in [0.15, 0.2) is 0 Å². The van der Waals surface area contributed by atoms with Gasteiger partial charge in [0.05, 0.1) is 17.4 Å². The third-order valence-corrected chi connectivity index (χ3v) is 11.2. The van der Waals surface area contributed by atoms with Gasteiger partial charge in [-0.15, -0.1) is 0 Å². The van der Waals surface area contributed by atoms with E-state index in [-0.39, 0.29) is 23.9 Å². The molecule has 3 heterocycles. The van der Waals surface area contributed by atoms with Crippen LogP contribution in [0.25, 0.3) is 6.08 Å². The average molecular weight is 746 g/mol. The van der Waals surface area contributed by atoms with E-state index < -0.39 is 5.41 Å². The van der Waals surface area contributed by atoms with Gasteiger partial charge in [-0.05, 0) is 65.9 Å². The van der Waals surface area contributed by atoms with Crippen molar-refractivity contribution in [3.8, 4) is 0 Å². The highest BCUT2D eigenvalue weighted by Crippen LogP contribution is 2.65. The first-order chi connectivity index (χ1) is 20.4. The monoisotopic (exact) mass is 743 g/mol. The van der Waals surface area contributed by atoms with Crippen LogP contribution in [0.5, 0.6) is 0 Å². The summed E-state index contributed by atoms with van der Waals surface area (Å²) in [5.74, 6) is -0.166. The SMILES string of the molecule is CC1=NN(c2ccccc2)C(=O)C12C(c1ccccc1Br)C(c1ccccc1Br)N1CC/C(=C\c3ccccc3Br)C12. The van der Waals surface area contributed by atoms with Crippen molar-refractivity contribution in [2.45, 2.75) is 31.3 Å². The van der Waals surface area contributed by atoms with Gasteiger partial charge in [-0.2, -0.15) is 10.1 Å². The number of rotatable bonds is 4. The number of nitrogens with zero attached hydrogens (tertiary/aromatic N) is 3. The number of hydrogen-bond acceptors (Lipinski definition) is 3. The van der Waals surface area contributed by atoms with Crippen molar-refractivity contribution in [1.29, 1.82) is 0 Å². The Balaban J connectivity index is 1.52. The van der Waals surface area contributed by atoms with Crippen LogP contribution in [0.15, 0.2) is 127 Å². The molecule has 1 amide bonds. The number of fused-ring (bicyclic) bond motifs is 2. The molecule has 0 aliphatic carbocycles. The Morgan fingerprint density at radius 3 is 2.05 bits per heavy atom. The van der Waals surface area contributed by atoms with Gasteiger partial charge >= 0.3 is 0 Å². The second-order valence-electron chi connectivity index (χ2n) is 11.1. The van der Waals surface area contributed by atoms with Gasteiger partial charge in [-0.1, -0.05) is 127 Å². The summed E-state index contributed by atoms with van der Waals surface area (Å²) in [7, 11) is 0. The molecule has 0 radical (unpaired) electrons. The number of carbonyl (C=O) groups is 1. The van der Waals surface area contributed by atoms with Gasteiger partial charge in [-0.3, -0.25) is 9.69 Å². The summed E-state index contributed by atoms with van der Waals surface area (Å²) in [5, 5.41) is 6.71. The highest BCUT2D eigenvalue weighted by atomic mass is 79.9. The van der Waals surface area contributed by atoms with E-state index >= 15 is 4.79 Å². The molecular formula is C35H28Br3N3O. The summed E-state index contributed by atoms with van der Waals surface area (Å²) in [5.41, 5.74) is 5.39. The third kappa shape index (κ3) is 4.23. The second-order valence-corrected chi connectivity index (χ2v) is 13.7. The normalized spacial score (nSPS) is 26.3. The first-order valence-electron chi connectivity index (χ1n) is 14.1. The molecule has 0 N–H and O–H groups in total. The molecular weight excluding hydrogens is 718 g/mol. The minimum absolute atomic E-state index is 0.0245. The van der Waals surface area contributed by atoms with E-state index in [9.17, 15) is 0 Å². The van der Waals surface area contributed by atoms with E-state index in [1.807, 2.05) is 42.5 Å². The number of anilines is 1. The van der Waals surface area contributed by atoms with Gasteiger partial charge in [-0.25, -0.2) is 0 Å². The number of carbonyl (C=O) groups excluding carboxylic acids is 1. The zero-order valence-electron chi connectivity index (χ0n) is 22.9. The Bertz CT molecular complexity index is 1750. The van der Waals surface area contributed by atoms with E-state index in [0.717, 1.165) is 48.9 Å². The van der Waals surface area contributed by atoms with Crippen molar-refractivity contribution in [1.82, 2.24) is 4.90 Å². The van der Waals surface area contributed by atoms with E-state index in [4.69, 9.17) is 5.10 Å². The van der Waals surface area contributed by atoms with Crippen LogP contribution < -0.4 is 5.01 Å². The fourth-order valence-corrected chi connectivity index (χ4v) is 8.84. The smallest absolute Gasteiger partial charge is 0.262 e. The number of hydrazone groups is 1. The lowest BCUT2D eigenvalue weighted by Gasteiger charge is -2.36. The van der Waals surface area contributed by atoms with Crippen LogP contribution in [0.4, 0.5) is 5.69 Å². The predicted octanol–water partition coefficient (Wildman–Crippen LogP) is 9.38. The van der Waals surface area contributed by atoms with Gasteiger partial charge < -0.3 is 0 Å². The Labute approximate surface area is 271 Å². The molecule has 4 aromatic rings. The first-order valence-corrected chi connectivity index (χ1v) is 16.5. The quantitative estimate of drug-likeness (QED) is 0.209. The minimum Gasteiger partial charge on any atom is -0.287 e. The molecule has 4 aromatic carbocycles. The van der Waals surface area contributed by atoms with Crippen LogP contribution in [0, 0.1) is 5.41 Å². The minimum atomic E-state index is -0.913. The van der Waals surface area contributed by atoms with Crippen molar-refractivity contribution < 1.29 is 4.79 Å². The second kappa shape index (κ2) is 11.0. The van der Waals surface area contributed by atoms with E-state index in [2.05, 4.69) is 126 Å². The largest absolute Gasteiger partial charge is 0.287 e. The number of hydrogen-bond donors (Lipinski definition) is 0. The van der Waals surface area contributed by atoms with Crippen molar-refractivity contribution in [2.24, 2.45) is 10.5 Å². The van der Waals surface area contributed by atoms with Crippen molar-refractivity contribution in [3.05, 3.63) is 139 Å². The molecule has 7 heteroatoms. The van der Waals surface area contributed by atoms with Crippen LogP contribution in [-0.4, -0.2) is 29.1 Å². The number of amides is 1. The van der Waals surface area contributed by atoms with Crippen molar-refractivity contribution in [3.63, 3.8) is 0 Å². The van der Waals surface area contributed by atoms with Crippen LogP contribution in [0.3, 0.4) is 0 Å². The maximum absolute atomic E-state index is 15.2. The standard InChI is InChI=1S/C35H28Br3N3O/c1-22-35(34(42)41(39-22)25-12-3-2-4-13-25)31(26-14-6-9-17-29(26)37)32(27-15-7-10-18-30(27)38)40-20-19-24(33(35)40)21-23-11-5-8-16-28(23)36/h2-18,21,31-33H,19-20H2,1H3/b24-21+. The summed E-state index contributed by atoms with van der Waals surface area (Å²) in [4.78, 5) is 17.8. The van der Waals surface area contributed by atoms with Gasteiger partial charge in [0, 0.05) is 31.9 Å². The molecule has 1 spiro atoms. The molecule has 0 aromatic heterocycles. The number of benzene rings is 4. The number of halogens is 3. The summed E-state index contributed by atoms with van der Waals surface area (Å²) >= 11 is 11.6. The fraction of sp³-hybridized carbons (Fsp3) is 0.200. The van der Waals surface area contributed by atoms with Crippen molar-refractivity contribution in [2.75, 3.05) is 11.6 Å². The van der Waals surface area contributed by atoms with E-state index in [0.29, 0.717) is 0 Å². The molecule has 3 aliphatic rings. The van der Waals surface area contributed by atoms with Crippen LogP contribution in [-0.2, 0) is 4.79 Å². The highest BCUT2D eigenvalue weighted by molar-refractivity contribution is 9.11. The highest BCUT2D eigenvalue weighted by Gasteiger charge is 2.70. The first kappa shape index (κ1) is 28.0. The van der Waals surface area contributed by atoms with Crippen LogP contribution >= 0.6 is 47.8 Å². The topological polar surface area (TPSA) is 35.9 Å². The van der Waals surface area contributed by atoms with Crippen molar-refractivity contribution >= 4 is 71.2 Å². The van der Waals surface area contributed by atoms with Crippen LogP contribution in [0.2, 0.25) is 0 Å².